The van der Waals surface area contributed by atoms with E-state index in [1.165, 1.54) is 43.9 Å². The van der Waals surface area contributed by atoms with Crippen molar-refractivity contribution in [2.24, 2.45) is 0 Å². The Labute approximate surface area is 177 Å². The zero-order chi connectivity index (χ0) is 21.7. The number of aliphatic hydroxyl groups excluding tert-OH is 1. The first-order valence-corrected chi connectivity index (χ1v) is 9.30. The zero-order valence-corrected chi connectivity index (χ0v) is 16.9. The summed E-state index contributed by atoms with van der Waals surface area (Å²) in [6.45, 7) is 1.65. The molecular weight excluding hydrogens is 413 g/mol. The van der Waals surface area contributed by atoms with Gasteiger partial charge in [-0.2, -0.15) is 0 Å². The maximum absolute atomic E-state index is 14.2. The molecule has 1 atom stereocenters. The highest BCUT2D eigenvalue weighted by Crippen LogP contribution is 2.30. The van der Waals surface area contributed by atoms with Gasteiger partial charge in [-0.3, -0.25) is 9.78 Å². The Morgan fingerprint density at radius 1 is 1.33 bits per heavy atom. The number of anilines is 2. The fourth-order valence-electron chi connectivity index (χ4n) is 2.56. The third-order valence-corrected chi connectivity index (χ3v) is 4.26. The lowest BCUT2D eigenvalue weighted by molar-refractivity contribution is 0.0924. The number of nitrogens with zero attached hydrogens (tertiary/aromatic N) is 3. The number of aliphatic hydroxyl groups is 1. The van der Waals surface area contributed by atoms with E-state index in [0.717, 1.165) is 0 Å². The molecule has 0 bridgehead atoms. The summed E-state index contributed by atoms with van der Waals surface area (Å²) in [6, 6.07) is 5.66. The summed E-state index contributed by atoms with van der Waals surface area (Å²) in [5.74, 6) is -0.364. The highest BCUT2D eigenvalue weighted by Gasteiger charge is 2.17. The molecule has 0 aliphatic carbocycles. The van der Waals surface area contributed by atoms with Gasteiger partial charge in [-0.25, -0.2) is 14.4 Å². The van der Waals surface area contributed by atoms with Gasteiger partial charge in [0.1, 0.15) is 5.82 Å². The van der Waals surface area contributed by atoms with Crippen LogP contribution in [0.2, 0.25) is 5.02 Å². The normalized spacial score (nSPS) is 11.6. The Hall–Kier alpha value is -3.30. The van der Waals surface area contributed by atoms with Crippen LogP contribution >= 0.6 is 11.6 Å². The third kappa shape index (κ3) is 5.00. The molecule has 3 aromatic rings. The van der Waals surface area contributed by atoms with Crippen LogP contribution in [0.5, 0.6) is 5.75 Å². The number of methoxy groups -OCH3 is 1. The van der Waals surface area contributed by atoms with Crippen molar-refractivity contribution in [2.45, 2.75) is 13.0 Å². The van der Waals surface area contributed by atoms with Crippen LogP contribution in [-0.4, -0.2) is 45.7 Å². The second-order valence-electron chi connectivity index (χ2n) is 6.34. The molecule has 0 saturated carbocycles. The molecule has 0 saturated heterocycles. The van der Waals surface area contributed by atoms with E-state index in [4.69, 9.17) is 16.3 Å². The number of pyridine rings is 1. The Morgan fingerprint density at radius 3 is 2.87 bits per heavy atom. The first kappa shape index (κ1) is 21.4. The van der Waals surface area contributed by atoms with Gasteiger partial charge in [0, 0.05) is 24.0 Å². The molecule has 0 aliphatic heterocycles. The fourth-order valence-corrected chi connectivity index (χ4v) is 2.73. The number of amides is 1. The summed E-state index contributed by atoms with van der Waals surface area (Å²) < 4.78 is 19.5. The van der Waals surface area contributed by atoms with Crippen molar-refractivity contribution in [1.29, 1.82) is 0 Å². The van der Waals surface area contributed by atoms with Crippen molar-refractivity contribution in [3.8, 4) is 17.1 Å². The van der Waals surface area contributed by atoms with Crippen molar-refractivity contribution in [3.63, 3.8) is 0 Å². The number of ether oxygens (including phenoxy) is 1. The lowest BCUT2D eigenvalue weighted by Crippen LogP contribution is -2.31. The molecule has 3 rings (SSSR count). The minimum absolute atomic E-state index is 0.0855. The Balaban J connectivity index is 1.97. The number of nitrogens with one attached hydrogen (secondary N) is 2. The molecule has 0 aliphatic rings. The van der Waals surface area contributed by atoms with Gasteiger partial charge in [0.05, 0.1) is 36.2 Å². The van der Waals surface area contributed by atoms with E-state index in [0.29, 0.717) is 10.7 Å². The average Bonchev–Trinajstić information content (AvgIpc) is 2.74. The minimum Gasteiger partial charge on any atom is -0.491 e. The topological polar surface area (TPSA) is 109 Å². The van der Waals surface area contributed by atoms with E-state index in [9.17, 15) is 14.3 Å². The molecule has 2 heterocycles. The fraction of sp³-hybridized carbons (Fsp3) is 0.200. The maximum atomic E-state index is 14.2. The number of aromatic nitrogens is 3. The van der Waals surface area contributed by atoms with Crippen LogP contribution in [-0.2, 0) is 0 Å². The van der Waals surface area contributed by atoms with Crippen LogP contribution < -0.4 is 15.4 Å². The van der Waals surface area contributed by atoms with Gasteiger partial charge >= 0.3 is 0 Å². The Kier molecular flexibility index (Phi) is 6.76. The summed E-state index contributed by atoms with van der Waals surface area (Å²) in [5.41, 5.74) is 0.745. The number of halogens is 2. The molecule has 0 fully saturated rings. The average molecular weight is 432 g/mol. The van der Waals surface area contributed by atoms with E-state index < -0.39 is 17.8 Å². The maximum Gasteiger partial charge on any atom is 0.255 e. The summed E-state index contributed by atoms with van der Waals surface area (Å²) in [4.78, 5) is 24.9. The molecule has 156 valence electrons. The molecule has 8 nitrogen and oxygen atoms in total. The number of benzene rings is 1. The standard InChI is InChI=1S/C20H19ClFN5O3/c1-11(28)8-25-20(29)14-9-23-6-5-16(14)26-19-17(30-2)10-24-18(27-19)13-7-12(21)3-4-15(13)22/h3-7,9-11,28H,8H2,1-2H3,(H,25,29)(H,23,24,26,27)/t11-/m1/s1. The SMILES string of the molecule is COc1cnc(-c2cc(Cl)ccc2F)nc1Nc1ccncc1C(=O)NC[C@@H](C)O. The smallest absolute Gasteiger partial charge is 0.255 e. The summed E-state index contributed by atoms with van der Waals surface area (Å²) in [7, 11) is 1.44. The number of carbonyl (C=O) groups is 1. The molecule has 30 heavy (non-hydrogen) atoms. The van der Waals surface area contributed by atoms with Crippen molar-refractivity contribution in [1.82, 2.24) is 20.3 Å². The second-order valence-corrected chi connectivity index (χ2v) is 6.78. The van der Waals surface area contributed by atoms with E-state index in [1.54, 1.807) is 13.0 Å². The van der Waals surface area contributed by atoms with Gasteiger partial charge < -0.3 is 20.5 Å². The first-order valence-electron chi connectivity index (χ1n) is 8.92. The van der Waals surface area contributed by atoms with Gasteiger partial charge in [-0.05, 0) is 31.2 Å². The number of rotatable bonds is 7. The second kappa shape index (κ2) is 9.47. The predicted molar refractivity (Wildman–Crippen MR) is 111 cm³/mol. The molecule has 10 heteroatoms. The summed E-state index contributed by atoms with van der Waals surface area (Å²) >= 11 is 5.97. The van der Waals surface area contributed by atoms with Crippen LogP contribution in [0.4, 0.5) is 15.9 Å². The number of hydrogen-bond donors (Lipinski definition) is 3. The molecule has 2 aromatic heterocycles. The van der Waals surface area contributed by atoms with Crippen molar-refractivity contribution in [2.75, 3.05) is 19.0 Å². The third-order valence-electron chi connectivity index (χ3n) is 4.02. The largest absolute Gasteiger partial charge is 0.491 e. The zero-order valence-electron chi connectivity index (χ0n) is 16.2. The van der Waals surface area contributed by atoms with Crippen LogP contribution in [0.1, 0.15) is 17.3 Å². The molecule has 3 N–H and O–H groups in total. The van der Waals surface area contributed by atoms with Crippen LogP contribution in [0, 0.1) is 5.82 Å². The lowest BCUT2D eigenvalue weighted by Gasteiger charge is -2.14. The highest BCUT2D eigenvalue weighted by molar-refractivity contribution is 6.30. The summed E-state index contributed by atoms with van der Waals surface area (Å²) in [5, 5.41) is 15.3. The molecule has 0 unspecified atom stereocenters. The Bertz CT molecular complexity index is 1060. The monoisotopic (exact) mass is 431 g/mol. The molecule has 1 amide bonds. The van der Waals surface area contributed by atoms with Crippen LogP contribution in [0.15, 0.2) is 42.9 Å². The quantitative estimate of drug-likeness (QED) is 0.527. The Morgan fingerprint density at radius 2 is 2.13 bits per heavy atom. The van der Waals surface area contributed by atoms with Gasteiger partial charge in [0.2, 0.25) is 0 Å². The minimum atomic E-state index is -0.695. The predicted octanol–water partition coefficient (Wildman–Crippen LogP) is 3.19. The molecule has 0 radical (unpaired) electrons. The van der Waals surface area contributed by atoms with Gasteiger partial charge in [-0.1, -0.05) is 11.6 Å². The van der Waals surface area contributed by atoms with Crippen molar-refractivity contribution >= 4 is 29.0 Å². The lowest BCUT2D eigenvalue weighted by atomic mass is 10.2. The van der Waals surface area contributed by atoms with E-state index >= 15 is 0 Å². The number of carbonyl (C=O) groups excluding carboxylic acids is 1. The van der Waals surface area contributed by atoms with E-state index in [1.807, 2.05) is 0 Å². The van der Waals surface area contributed by atoms with Gasteiger partial charge in [0.25, 0.3) is 5.91 Å². The van der Waals surface area contributed by atoms with E-state index in [-0.39, 0.29) is 35.1 Å². The van der Waals surface area contributed by atoms with Crippen molar-refractivity contribution < 1.29 is 19.0 Å². The molecular formula is C20H19ClFN5O3. The number of hydrogen-bond acceptors (Lipinski definition) is 7. The molecule has 1 aromatic carbocycles. The van der Waals surface area contributed by atoms with Gasteiger partial charge in [-0.15, -0.1) is 0 Å². The van der Waals surface area contributed by atoms with Crippen LogP contribution in [0.3, 0.4) is 0 Å². The van der Waals surface area contributed by atoms with E-state index in [2.05, 4.69) is 25.6 Å². The van der Waals surface area contributed by atoms with Gasteiger partial charge in [0.15, 0.2) is 17.4 Å². The highest BCUT2D eigenvalue weighted by atomic mass is 35.5. The van der Waals surface area contributed by atoms with Crippen LogP contribution in [0.25, 0.3) is 11.4 Å². The summed E-state index contributed by atoms with van der Waals surface area (Å²) in [6.07, 6.45) is 3.57. The first-order chi connectivity index (χ1) is 14.4. The molecule has 0 spiro atoms. The van der Waals surface area contributed by atoms with Crippen molar-refractivity contribution in [3.05, 3.63) is 59.3 Å².